The summed E-state index contributed by atoms with van der Waals surface area (Å²) in [6, 6.07) is 3.60. The number of aliphatic hydroxyl groups excluding tert-OH is 1. The Morgan fingerprint density at radius 2 is 1.67 bits per heavy atom. The van der Waals surface area contributed by atoms with Crippen LogP contribution in [0.1, 0.15) is 22.9 Å². The Balaban J connectivity index is 3.21. The molecule has 0 saturated carbocycles. The summed E-state index contributed by atoms with van der Waals surface area (Å²) < 4.78 is 0. The first-order valence-corrected chi connectivity index (χ1v) is 3.82. The van der Waals surface area contributed by atoms with Crippen LogP contribution in [0, 0.1) is 13.8 Å². The Hall–Kier alpha value is -1.06. The molecule has 3 heteroatoms. The van der Waals surface area contributed by atoms with Crippen molar-refractivity contribution >= 4 is 5.69 Å². The zero-order valence-corrected chi connectivity index (χ0v) is 7.33. The third-order valence-electron chi connectivity index (χ3n) is 1.96. The summed E-state index contributed by atoms with van der Waals surface area (Å²) in [5.74, 6) is 0. The molecule has 0 aliphatic heterocycles. The van der Waals surface area contributed by atoms with Crippen molar-refractivity contribution in [2.45, 2.75) is 20.1 Å². The van der Waals surface area contributed by atoms with Crippen LogP contribution in [0.4, 0.5) is 5.69 Å². The standard InChI is InChI=1S/C9H14N2O/c1-5-3-7(9(11)12)4-6(2)8(5)10/h3-4,9,12H,10-11H2,1-2H3. The lowest BCUT2D eigenvalue weighted by molar-refractivity contribution is 0.186. The van der Waals surface area contributed by atoms with Crippen molar-refractivity contribution in [2.24, 2.45) is 5.73 Å². The number of nitrogen functional groups attached to an aromatic ring is 1. The number of hydrogen-bond acceptors (Lipinski definition) is 3. The van der Waals surface area contributed by atoms with Gasteiger partial charge in [0.1, 0.15) is 6.23 Å². The maximum absolute atomic E-state index is 9.10. The molecule has 1 atom stereocenters. The predicted molar refractivity (Wildman–Crippen MR) is 49.5 cm³/mol. The highest BCUT2D eigenvalue weighted by atomic mass is 16.3. The fourth-order valence-corrected chi connectivity index (χ4v) is 1.18. The van der Waals surface area contributed by atoms with Crippen molar-refractivity contribution in [3.8, 4) is 0 Å². The van der Waals surface area contributed by atoms with Crippen LogP contribution >= 0.6 is 0 Å². The van der Waals surface area contributed by atoms with Crippen molar-refractivity contribution in [3.05, 3.63) is 28.8 Å². The molecule has 3 nitrogen and oxygen atoms in total. The molecule has 0 aliphatic carbocycles. The Labute approximate surface area is 72.0 Å². The van der Waals surface area contributed by atoms with Gasteiger partial charge in [-0.3, -0.25) is 0 Å². The van der Waals surface area contributed by atoms with Crippen molar-refractivity contribution in [2.75, 3.05) is 5.73 Å². The Morgan fingerprint density at radius 3 is 2.00 bits per heavy atom. The predicted octanol–water partition coefficient (Wildman–Crippen LogP) is 0.835. The third kappa shape index (κ3) is 1.57. The molecule has 0 fully saturated rings. The molecule has 0 amide bonds. The van der Waals surface area contributed by atoms with Crippen LogP contribution in [0.3, 0.4) is 0 Å². The van der Waals surface area contributed by atoms with Gasteiger partial charge >= 0.3 is 0 Å². The summed E-state index contributed by atoms with van der Waals surface area (Å²) in [6.45, 7) is 3.79. The monoisotopic (exact) mass is 166 g/mol. The van der Waals surface area contributed by atoms with Crippen molar-refractivity contribution in [1.29, 1.82) is 0 Å². The Kier molecular flexibility index (Phi) is 2.35. The summed E-state index contributed by atoms with van der Waals surface area (Å²) in [5.41, 5.74) is 14.4. The molecule has 1 aromatic rings. The summed E-state index contributed by atoms with van der Waals surface area (Å²) in [6.07, 6.45) is -0.914. The molecule has 0 saturated heterocycles. The van der Waals surface area contributed by atoms with E-state index in [1.807, 2.05) is 13.8 Å². The van der Waals surface area contributed by atoms with E-state index in [0.717, 1.165) is 16.8 Å². The summed E-state index contributed by atoms with van der Waals surface area (Å²) in [5, 5.41) is 9.10. The number of anilines is 1. The summed E-state index contributed by atoms with van der Waals surface area (Å²) >= 11 is 0. The fourth-order valence-electron chi connectivity index (χ4n) is 1.18. The Bertz CT molecular complexity index is 272. The number of rotatable bonds is 1. The van der Waals surface area contributed by atoms with Crippen LogP contribution in [0.2, 0.25) is 0 Å². The number of hydrogen-bond donors (Lipinski definition) is 3. The molecule has 1 rings (SSSR count). The number of aliphatic hydroxyl groups is 1. The first-order valence-electron chi connectivity index (χ1n) is 3.82. The van der Waals surface area contributed by atoms with E-state index in [-0.39, 0.29) is 0 Å². The highest BCUT2D eigenvalue weighted by molar-refractivity contribution is 5.54. The lowest BCUT2D eigenvalue weighted by atomic mass is 10.0. The van der Waals surface area contributed by atoms with Gasteiger partial charge in [-0.15, -0.1) is 0 Å². The maximum atomic E-state index is 9.10. The van der Waals surface area contributed by atoms with Gasteiger partial charge in [-0.1, -0.05) is 12.1 Å². The quantitative estimate of drug-likeness (QED) is 0.427. The van der Waals surface area contributed by atoms with Crippen LogP contribution in [-0.2, 0) is 0 Å². The summed E-state index contributed by atoms with van der Waals surface area (Å²) in [4.78, 5) is 0. The SMILES string of the molecule is Cc1cc(C(N)O)cc(C)c1N. The molecule has 1 aromatic carbocycles. The number of aryl methyl sites for hydroxylation is 2. The van der Waals surface area contributed by atoms with Crippen molar-refractivity contribution < 1.29 is 5.11 Å². The minimum atomic E-state index is -0.914. The van der Waals surface area contributed by atoms with E-state index in [0.29, 0.717) is 5.56 Å². The average Bonchev–Trinajstić information content (AvgIpc) is 1.99. The van der Waals surface area contributed by atoms with Gasteiger partial charge in [0, 0.05) is 5.69 Å². The van der Waals surface area contributed by atoms with E-state index >= 15 is 0 Å². The molecule has 0 aromatic heterocycles. The van der Waals surface area contributed by atoms with E-state index in [9.17, 15) is 0 Å². The van der Waals surface area contributed by atoms with Gasteiger partial charge in [0.2, 0.25) is 0 Å². The van der Waals surface area contributed by atoms with Gasteiger partial charge in [-0.25, -0.2) is 0 Å². The molecular weight excluding hydrogens is 152 g/mol. The van der Waals surface area contributed by atoms with Gasteiger partial charge in [0.15, 0.2) is 0 Å². The van der Waals surface area contributed by atoms with Crippen molar-refractivity contribution in [3.63, 3.8) is 0 Å². The van der Waals surface area contributed by atoms with E-state index in [2.05, 4.69) is 0 Å². The van der Waals surface area contributed by atoms with Gasteiger partial charge in [-0.2, -0.15) is 0 Å². The maximum Gasteiger partial charge on any atom is 0.128 e. The molecule has 66 valence electrons. The highest BCUT2D eigenvalue weighted by Gasteiger charge is 2.05. The van der Waals surface area contributed by atoms with E-state index in [1.165, 1.54) is 0 Å². The van der Waals surface area contributed by atoms with E-state index in [1.54, 1.807) is 12.1 Å². The van der Waals surface area contributed by atoms with E-state index < -0.39 is 6.23 Å². The van der Waals surface area contributed by atoms with E-state index in [4.69, 9.17) is 16.6 Å². The number of benzene rings is 1. The normalized spacial score (nSPS) is 13.0. The lowest BCUT2D eigenvalue weighted by Gasteiger charge is -2.10. The van der Waals surface area contributed by atoms with Gasteiger partial charge in [0.05, 0.1) is 0 Å². The highest BCUT2D eigenvalue weighted by Crippen LogP contribution is 2.20. The molecule has 12 heavy (non-hydrogen) atoms. The largest absolute Gasteiger partial charge is 0.398 e. The first-order chi connectivity index (χ1) is 5.52. The van der Waals surface area contributed by atoms with Crippen molar-refractivity contribution in [1.82, 2.24) is 0 Å². The molecular formula is C9H14N2O. The Morgan fingerprint density at radius 1 is 1.25 bits per heavy atom. The minimum absolute atomic E-state index is 0.708. The molecule has 0 heterocycles. The zero-order valence-electron chi connectivity index (χ0n) is 7.33. The molecule has 0 aliphatic rings. The molecule has 0 spiro atoms. The summed E-state index contributed by atoms with van der Waals surface area (Å²) in [7, 11) is 0. The number of nitrogens with two attached hydrogens (primary N) is 2. The second-order valence-electron chi connectivity index (χ2n) is 3.01. The zero-order chi connectivity index (χ0) is 9.30. The molecule has 5 N–H and O–H groups in total. The van der Waals surface area contributed by atoms with Crippen LogP contribution in [0.15, 0.2) is 12.1 Å². The van der Waals surface area contributed by atoms with Gasteiger partial charge in [-0.05, 0) is 30.5 Å². The molecule has 0 bridgehead atoms. The van der Waals surface area contributed by atoms with Gasteiger partial charge < -0.3 is 16.6 Å². The minimum Gasteiger partial charge on any atom is -0.398 e. The topological polar surface area (TPSA) is 72.3 Å². The molecule has 0 radical (unpaired) electrons. The smallest absolute Gasteiger partial charge is 0.128 e. The van der Waals surface area contributed by atoms with Gasteiger partial charge in [0.25, 0.3) is 0 Å². The first kappa shape index (κ1) is 9.03. The fraction of sp³-hybridized carbons (Fsp3) is 0.333. The van der Waals surface area contributed by atoms with Crippen LogP contribution < -0.4 is 11.5 Å². The van der Waals surface area contributed by atoms with Crippen LogP contribution in [0.25, 0.3) is 0 Å². The second kappa shape index (κ2) is 3.13. The molecule has 1 unspecified atom stereocenters. The lowest BCUT2D eigenvalue weighted by Crippen LogP contribution is -2.09. The average molecular weight is 166 g/mol. The second-order valence-corrected chi connectivity index (χ2v) is 3.01. The van der Waals surface area contributed by atoms with Crippen LogP contribution in [-0.4, -0.2) is 5.11 Å². The third-order valence-corrected chi connectivity index (χ3v) is 1.96. The van der Waals surface area contributed by atoms with Crippen LogP contribution in [0.5, 0.6) is 0 Å².